The van der Waals surface area contributed by atoms with Gasteiger partial charge in [-0.05, 0) is 115 Å². The molecule has 0 aliphatic carbocycles. The minimum absolute atomic E-state index is 1.23. The van der Waals surface area contributed by atoms with Crippen molar-refractivity contribution in [3.63, 3.8) is 0 Å². The Balaban J connectivity index is 1.26. The molecule has 11 aromatic carbocycles. The van der Waals surface area contributed by atoms with Gasteiger partial charge in [-0.25, -0.2) is 0 Å². The van der Waals surface area contributed by atoms with E-state index in [1.807, 2.05) is 0 Å². The zero-order chi connectivity index (χ0) is 35.6. The highest BCUT2D eigenvalue weighted by molar-refractivity contribution is 6.31. The van der Waals surface area contributed by atoms with Gasteiger partial charge in [0.05, 0.1) is 0 Å². The van der Waals surface area contributed by atoms with Gasteiger partial charge >= 0.3 is 0 Å². The Morgan fingerprint density at radius 2 is 0.556 bits per heavy atom. The molecule has 0 bridgehead atoms. The lowest BCUT2D eigenvalue weighted by Gasteiger charge is -2.23. The van der Waals surface area contributed by atoms with Crippen molar-refractivity contribution in [3.05, 3.63) is 206 Å². The Labute approximate surface area is 314 Å². The quantitative estimate of drug-likeness (QED) is 0.162. The molecule has 0 saturated carbocycles. The predicted octanol–water partition coefficient (Wildman–Crippen LogP) is 15.3. The molecular weight excluding hydrogens is 649 g/mol. The number of rotatable bonds is 4. The smallest absolute Gasteiger partial charge is 0.00139 e. The molecule has 54 heavy (non-hydrogen) atoms. The monoisotopic (exact) mass is 682 g/mol. The van der Waals surface area contributed by atoms with Crippen molar-refractivity contribution in [3.8, 4) is 44.5 Å². The van der Waals surface area contributed by atoms with E-state index in [-0.39, 0.29) is 0 Å². The maximum Gasteiger partial charge on any atom is -0.00139 e. The van der Waals surface area contributed by atoms with Crippen molar-refractivity contribution >= 4 is 64.6 Å². The first-order valence-corrected chi connectivity index (χ1v) is 18.8. The standard InChI is InChI=1S/C54H34/c1-2-17-36(18-3-1)39-32-33-50(41-21-7-6-20-40(39)41)52-44-24-10-14-28-48(44)54(49-29-15-11-25-45(49)52)53-46-26-12-8-22-42(46)51(43-23-9-13-27-47(43)53)38-31-30-35-16-4-5-19-37(35)34-38/h1-34H. The fourth-order valence-electron chi connectivity index (χ4n) is 9.13. The molecule has 0 nitrogen and oxygen atoms in total. The van der Waals surface area contributed by atoms with E-state index in [0.29, 0.717) is 0 Å². The van der Waals surface area contributed by atoms with Crippen LogP contribution < -0.4 is 0 Å². The maximum atomic E-state index is 2.36. The van der Waals surface area contributed by atoms with E-state index in [0.717, 1.165) is 0 Å². The summed E-state index contributed by atoms with van der Waals surface area (Å²) in [5, 5.41) is 15.1. The molecule has 11 rings (SSSR count). The number of fused-ring (bicyclic) bond motifs is 6. The molecule has 0 heteroatoms. The third-order valence-corrected chi connectivity index (χ3v) is 11.4. The van der Waals surface area contributed by atoms with Crippen LogP contribution in [0.1, 0.15) is 0 Å². The minimum Gasteiger partial charge on any atom is -0.0622 e. The molecule has 0 saturated heterocycles. The molecular formula is C54H34. The second-order valence-electron chi connectivity index (χ2n) is 14.3. The first-order valence-electron chi connectivity index (χ1n) is 18.8. The van der Waals surface area contributed by atoms with Crippen molar-refractivity contribution in [2.45, 2.75) is 0 Å². The van der Waals surface area contributed by atoms with Gasteiger partial charge in [-0.15, -0.1) is 0 Å². The van der Waals surface area contributed by atoms with Gasteiger partial charge in [0.1, 0.15) is 0 Å². The largest absolute Gasteiger partial charge is 0.0622 e. The predicted molar refractivity (Wildman–Crippen MR) is 233 cm³/mol. The first kappa shape index (κ1) is 30.6. The van der Waals surface area contributed by atoms with E-state index in [9.17, 15) is 0 Å². The summed E-state index contributed by atoms with van der Waals surface area (Å²) in [5.74, 6) is 0. The molecule has 0 spiro atoms. The molecule has 0 heterocycles. The Morgan fingerprint density at radius 3 is 1.07 bits per heavy atom. The van der Waals surface area contributed by atoms with E-state index >= 15 is 0 Å². The van der Waals surface area contributed by atoms with E-state index in [1.165, 1.54) is 109 Å². The number of benzene rings is 11. The van der Waals surface area contributed by atoms with Gasteiger partial charge in [0, 0.05) is 0 Å². The average molecular weight is 683 g/mol. The topological polar surface area (TPSA) is 0 Å². The number of hydrogen-bond acceptors (Lipinski definition) is 0. The van der Waals surface area contributed by atoms with Crippen LogP contribution in [0.4, 0.5) is 0 Å². The first-order chi connectivity index (χ1) is 26.8. The third kappa shape index (κ3) is 4.64. The zero-order valence-electron chi connectivity index (χ0n) is 29.6. The summed E-state index contributed by atoms with van der Waals surface area (Å²) < 4.78 is 0. The second kappa shape index (κ2) is 12.3. The Hall–Kier alpha value is -7.02. The van der Waals surface area contributed by atoms with Crippen molar-refractivity contribution < 1.29 is 0 Å². The lowest BCUT2D eigenvalue weighted by atomic mass is 9.80. The van der Waals surface area contributed by atoms with Crippen LogP contribution in [0.2, 0.25) is 0 Å². The van der Waals surface area contributed by atoms with Crippen LogP contribution in [0.15, 0.2) is 206 Å². The van der Waals surface area contributed by atoms with Crippen LogP contribution in [-0.2, 0) is 0 Å². The van der Waals surface area contributed by atoms with Gasteiger partial charge in [0.25, 0.3) is 0 Å². The van der Waals surface area contributed by atoms with E-state index in [2.05, 4.69) is 206 Å². The summed E-state index contributed by atoms with van der Waals surface area (Å²) in [6.45, 7) is 0. The number of hydrogen-bond donors (Lipinski definition) is 0. The Morgan fingerprint density at radius 1 is 0.185 bits per heavy atom. The van der Waals surface area contributed by atoms with Crippen molar-refractivity contribution in [2.75, 3.05) is 0 Å². The van der Waals surface area contributed by atoms with Gasteiger partial charge in [-0.2, -0.15) is 0 Å². The minimum atomic E-state index is 1.23. The van der Waals surface area contributed by atoms with Crippen molar-refractivity contribution in [1.82, 2.24) is 0 Å². The van der Waals surface area contributed by atoms with Crippen LogP contribution >= 0.6 is 0 Å². The van der Waals surface area contributed by atoms with E-state index in [4.69, 9.17) is 0 Å². The Bertz CT molecular complexity index is 3140. The molecule has 0 aromatic heterocycles. The normalized spacial score (nSPS) is 11.7. The molecule has 0 fully saturated rings. The average Bonchev–Trinajstić information content (AvgIpc) is 3.25. The molecule has 250 valence electrons. The SMILES string of the molecule is c1ccc(-c2ccc(-c3c4ccccc4c(-c4c5ccccc5c(-c5ccc6ccccc6c5)c5ccccc45)c4ccccc34)c3ccccc23)cc1. The molecule has 0 atom stereocenters. The highest BCUT2D eigenvalue weighted by atomic mass is 14.3. The molecule has 0 radical (unpaired) electrons. The summed E-state index contributed by atoms with van der Waals surface area (Å²) in [7, 11) is 0. The molecule has 0 aliphatic heterocycles. The lowest BCUT2D eigenvalue weighted by Crippen LogP contribution is -1.95. The lowest BCUT2D eigenvalue weighted by molar-refractivity contribution is 1.64. The van der Waals surface area contributed by atoms with Gasteiger partial charge in [0.2, 0.25) is 0 Å². The van der Waals surface area contributed by atoms with Crippen LogP contribution in [0, 0.1) is 0 Å². The summed E-state index contributed by atoms with van der Waals surface area (Å²) in [4.78, 5) is 0. The van der Waals surface area contributed by atoms with Crippen molar-refractivity contribution in [1.29, 1.82) is 0 Å². The van der Waals surface area contributed by atoms with Crippen LogP contribution in [-0.4, -0.2) is 0 Å². The van der Waals surface area contributed by atoms with Gasteiger partial charge in [0.15, 0.2) is 0 Å². The summed E-state index contributed by atoms with van der Waals surface area (Å²) in [6.07, 6.45) is 0. The maximum absolute atomic E-state index is 2.36. The molecule has 0 aliphatic rings. The van der Waals surface area contributed by atoms with Gasteiger partial charge in [-0.3, -0.25) is 0 Å². The summed E-state index contributed by atoms with van der Waals surface area (Å²) in [6, 6.07) is 76.1. The fraction of sp³-hybridized carbons (Fsp3) is 0. The van der Waals surface area contributed by atoms with E-state index in [1.54, 1.807) is 0 Å². The van der Waals surface area contributed by atoms with E-state index < -0.39 is 0 Å². The Kier molecular flexibility index (Phi) is 6.97. The molecule has 0 amide bonds. The highest BCUT2D eigenvalue weighted by Gasteiger charge is 2.23. The zero-order valence-corrected chi connectivity index (χ0v) is 29.6. The second-order valence-corrected chi connectivity index (χ2v) is 14.3. The van der Waals surface area contributed by atoms with Crippen LogP contribution in [0.5, 0.6) is 0 Å². The van der Waals surface area contributed by atoms with Crippen LogP contribution in [0.3, 0.4) is 0 Å². The molecule has 0 unspecified atom stereocenters. The van der Waals surface area contributed by atoms with Gasteiger partial charge < -0.3 is 0 Å². The third-order valence-electron chi connectivity index (χ3n) is 11.4. The van der Waals surface area contributed by atoms with Crippen molar-refractivity contribution in [2.24, 2.45) is 0 Å². The van der Waals surface area contributed by atoms with Crippen LogP contribution in [0.25, 0.3) is 109 Å². The van der Waals surface area contributed by atoms with Gasteiger partial charge in [-0.1, -0.05) is 200 Å². The highest BCUT2D eigenvalue weighted by Crippen LogP contribution is 2.51. The molecule has 11 aromatic rings. The fourth-order valence-corrected chi connectivity index (χ4v) is 9.13. The summed E-state index contributed by atoms with van der Waals surface area (Å²) in [5.41, 5.74) is 10.1. The molecule has 0 N–H and O–H groups in total. The summed E-state index contributed by atoms with van der Waals surface area (Å²) >= 11 is 0.